The van der Waals surface area contributed by atoms with Crippen molar-refractivity contribution in [2.75, 3.05) is 6.61 Å². The predicted molar refractivity (Wildman–Crippen MR) is 140 cm³/mol. The number of carbonyl (C=O) groups excluding carboxylic acids is 1. The second kappa shape index (κ2) is 11.8. The topological polar surface area (TPSA) is 56.1 Å². The Kier molecular flexibility index (Phi) is 8.50. The molecule has 1 saturated carbocycles. The number of imidazole rings is 1. The minimum Gasteiger partial charge on any atom is -0.465 e. The van der Waals surface area contributed by atoms with Crippen LogP contribution in [0.25, 0.3) is 11.1 Å². The third-order valence-corrected chi connectivity index (χ3v) is 7.18. The molecule has 35 heavy (non-hydrogen) atoms. The summed E-state index contributed by atoms with van der Waals surface area (Å²) in [6.07, 6.45) is 5.10. The quantitative estimate of drug-likeness (QED) is 0.331. The highest BCUT2D eigenvalue weighted by Gasteiger charge is 2.25. The molecular weight excluding hydrogens is 461 g/mol. The van der Waals surface area contributed by atoms with Gasteiger partial charge in [0.2, 0.25) is 5.91 Å². The summed E-state index contributed by atoms with van der Waals surface area (Å²) in [7, 11) is 0. The predicted octanol–water partition coefficient (Wildman–Crippen LogP) is 5.80. The average molecular weight is 496 g/mol. The molecule has 3 aromatic rings. The van der Waals surface area contributed by atoms with Gasteiger partial charge in [0.1, 0.15) is 5.82 Å². The lowest BCUT2D eigenvalue weighted by molar-refractivity contribution is -0.121. The summed E-state index contributed by atoms with van der Waals surface area (Å²) in [6.45, 7) is 4.92. The number of thiol groups is 1. The molecular formula is C28H34FN3O2S. The molecule has 1 heterocycles. The molecule has 0 aliphatic heterocycles. The van der Waals surface area contributed by atoms with Crippen LogP contribution in [0.2, 0.25) is 0 Å². The van der Waals surface area contributed by atoms with Crippen LogP contribution >= 0.6 is 12.6 Å². The summed E-state index contributed by atoms with van der Waals surface area (Å²) < 4.78 is 22.9. The van der Waals surface area contributed by atoms with E-state index in [2.05, 4.69) is 22.9 Å². The number of nitrogens with one attached hydrogen (secondary N) is 1. The molecule has 1 unspecified atom stereocenters. The third kappa shape index (κ3) is 6.07. The number of aryl methyl sites for hydroxylation is 1. The molecule has 0 spiro atoms. The molecule has 1 N–H and O–H groups in total. The fraction of sp³-hybridized carbons (Fsp3) is 0.429. The number of hydrogen-bond acceptors (Lipinski definition) is 4. The average Bonchev–Trinajstić information content (AvgIpc) is 3.17. The van der Waals surface area contributed by atoms with Gasteiger partial charge in [-0.2, -0.15) is 17.6 Å². The first kappa shape index (κ1) is 25.3. The van der Waals surface area contributed by atoms with Crippen LogP contribution in [0.4, 0.5) is 4.39 Å². The van der Waals surface area contributed by atoms with Crippen LogP contribution in [-0.2, 0) is 24.3 Å². The zero-order valence-electron chi connectivity index (χ0n) is 20.5. The van der Waals surface area contributed by atoms with Gasteiger partial charge in [-0.05, 0) is 42.9 Å². The number of hydrogen-bond donors (Lipinski definition) is 2. The Labute approximate surface area is 212 Å². The van der Waals surface area contributed by atoms with Gasteiger partial charge in [-0.1, -0.05) is 68.7 Å². The van der Waals surface area contributed by atoms with Crippen LogP contribution in [-0.4, -0.2) is 27.3 Å². The van der Waals surface area contributed by atoms with Crippen LogP contribution in [0.3, 0.4) is 0 Å². The Bertz CT molecular complexity index is 1140. The number of amides is 1. The first-order valence-corrected chi connectivity index (χ1v) is 13.0. The van der Waals surface area contributed by atoms with E-state index in [0.717, 1.165) is 28.9 Å². The zero-order chi connectivity index (χ0) is 24.8. The van der Waals surface area contributed by atoms with Crippen molar-refractivity contribution >= 4 is 18.5 Å². The lowest BCUT2D eigenvalue weighted by atomic mass is 9.82. The van der Waals surface area contributed by atoms with E-state index in [1.807, 2.05) is 60.9 Å². The van der Waals surface area contributed by atoms with Gasteiger partial charge in [-0.15, -0.1) is 0 Å². The number of nitrogens with zero attached hydrogens (tertiary/aromatic N) is 2. The molecule has 7 heteroatoms. The molecule has 0 saturated heterocycles. The summed E-state index contributed by atoms with van der Waals surface area (Å²) in [5.41, 5.74) is 4.01. The van der Waals surface area contributed by atoms with E-state index in [9.17, 15) is 4.79 Å². The Morgan fingerprint density at radius 2 is 1.97 bits per heavy atom. The monoisotopic (exact) mass is 495 g/mol. The highest BCUT2D eigenvalue weighted by molar-refractivity contribution is 7.81. The summed E-state index contributed by atoms with van der Waals surface area (Å²) in [4.78, 5) is 17.4. The molecule has 1 aliphatic carbocycles. The van der Waals surface area contributed by atoms with E-state index in [1.165, 1.54) is 19.3 Å². The second-order valence-corrected chi connectivity index (χ2v) is 9.72. The fourth-order valence-electron chi connectivity index (χ4n) is 4.49. The van der Waals surface area contributed by atoms with Crippen LogP contribution in [0, 0.1) is 11.7 Å². The van der Waals surface area contributed by atoms with Crippen LogP contribution in [0.15, 0.2) is 48.5 Å². The molecule has 0 bridgehead atoms. The maximum absolute atomic E-state index is 15.2. The van der Waals surface area contributed by atoms with E-state index in [-0.39, 0.29) is 23.5 Å². The fourth-order valence-corrected chi connectivity index (χ4v) is 4.88. The van der Waals surface area contributed by atoms with Crippen LogP contribution < -0.4 is 10.1 Å². The number of benzene rings is 2. The van der Waals surface area contributed by atoms with Crippen molar-refractivity contribution in [2.45, 2.75) is 64.3 Å². The van der Waals surface area contributed by atoms with Crippen LogP contribution in [0.5, 0.6) is 6.01 Å². The third-order valence-electron chi connectivity index (χ3n) is 6.73. The molecule has 0 radical (unpaired) electrons. The van der Waals surface area contributed by atoms with E-state index in [1.54, 1.807) is 6.07 Å². The van der Waals surface area contributed by atoms with Gasteiger partial charge < -0.3 is 10.1 Å². The maximum Gasteiger partial charge on any atom is 0.297 e. The summed E-state index contributed by atoms with van der Waals surface area (Å²) in [5, 5.41) is 2.71. The van der Waals surface area contributed by atoms with Gasteiger partial charge in [0.15, 0.2) is 0 Å². The molecule has 1 fully saturated rings. The smallest absolute Gasteiger partial charge is 0.297 e. The Morgan fingerprint density at radius 1 is 1.20 bits per heavy atom. The SMILES string of the molecule is CCOc1nc(CC)c(CNC(=O)C(S)CC2CCC2)n1Cc1ccc(-c2ccccc2)cc1F. The number of aromatic nitrogens is 2. The lowest BCUT2D eigenvalue weighted by Gasteiger charge is -2.27. The Hall–Kier alpha value is -2.80. The number of carbonyl (C=O) groups is 1. The van der Waals surface area contributed by atoms with E-state index >= 15 is 4.39 Å². The van der Waals surface area contributed by atoms with Crippen molar-refractivity contribution in [1.82, 2.24) is 14.9 Å². The van der Waals surface area contributed by atoms with Crippen molar-refractivity contribution in [3.63, 3.8) is 0 Å². The van der Waals surface area contributed by atoms with Gasteiger partial charge in [-0.25, -0.2) is 4.39 Å². The Morgan fingerprint density at radius 3 is 2.60 bits per heavy atom. The van der Waals surface area contributed by atoms with Gasteiger partial charge in [-0.3, -0.25) is 9.36 Å². The largest absolute Gasteiger partial charge is 0.465 e. The molecule has 1 amide bonds. The standard InChI is InChI=1S/C28H34FN3O2S/c1-3-24-25(17-30-27(33)26(35)15-19-9-8-10-19)32(28(31-24)34-4-2)18-22-14-13-21(16-23(22)29)20-11-6-5-7-12-20/h5-7,11-14,16,19,26,35H,3-4,8-10,15,17-18H2,1-2H3,(H,30,33). The summed E-state index contributed by atoms with van der Waals surface area (Å²) >= 11 is 4.54. The molecule has 4 rings (SSSR count). The normalized spacial score (nSPS) is 14.4. The molecule has 2 aromatic carbocycles. The minimum atomic E-state index is -0.323. The van der Waals surface area contributed by atoms with Crippen molar-refractivity contribution in [1.29, 1.82) is 0 Å². The highest BCUT2D eigenvalue weighted by Crippen LogP contribution is 2.32. The number of ether oxygens (including phenoxy) is 1. The molecule has 5 nitrogen and oxygen atoms in total. The maximum atomic E-state index is 15.2. The number of halogens is 1. The summed E-state index contributed by atoms with van der Waals surface area (Å²) in [6, 6.07) is 15.5. The lowest BCUT2D eigenvalue weighted by Crippen LogP contribution is -2.34. The van der Waals surface area contributed by atoms with E-state index in [0.29, 0.717) is 37.1 Å². The van der Waals surface area contributed by atoms with Gasteiger partial charge in [0, 0.05) is 5.56 Å². The van der Waals surface area contributed by atoms with Crippen LogP contribution in [0.1, 0.15) is 56.5 Å². The van der Waals surface area contributed by atoms with Gasteiger partial charge >= 0.3 is 0 Å². The number of rotatable bonds is 11. The van der Waals surface area contributed by atoms with Crippen molar-refractivity contribution in [2.24, 2.45) is 5.92 Å². The van der Waals surface area contributed by atoms with E-state index in [4.69, 9.17) is 4.74 Å². The Balaban J connectivity index is 1.55. The highest BCUT2D eigenvalue weighted by atomic mass is 32.1. The minimum absolute atomic E-state index is 0.0774. The van der Waals surface area contributed by atoms with Gasteiger partial charge in [0.05, 0.1) is 36.3 Å². The first-order chi connectivity index (χ1) is 17.0. The molecule has 186 valence electrons. The molecule has 1 atom stereocenters. The van der Waals surface area contributed by atoms with Crippen molar-refractivity contribution in [3.05, 3.63) is 71.3 Å². The molecule has 1 aromatic heterocycles. The van der Waals surface area contributed by atoms with Crippen molar-refractivity contribution in [3.8, 4) is 17.1 Å². The first-order valence-electron chi connectivity index (χ1n) is 12.5. The van der Waals surface area contributed by atoms with Gasteiger partial charge in [0.25, 0.3) is 6.01 Å². The zero-order valence-corrected chi connectivity index (χ0v) is 21.4. The van der Waals surface area contributed by atoms with E-state index < -0.39 is 0 Å². The molecule has 1 aliphatic rings. The second-order valence-electron chi connectivity index (χ2n) is 9.10. The van der Waals surface area contributed by atoms with Crippen molar-refractivity contribution < 1.29 is 13.9 Å². The summed E-state index contributed by atoms with van der Waals surface area (Å²) in [5.74, 6) is 0.240.